The van der Waals surface area contributed by atoms with Crippen molar-refractivity contribution >= 4 is 0 Å². The Morgan fingerprint density at radius 3 is 2.79 bits per heavy atom. The van der Waals surface area contributed by atoms with Crippen LogP contribution >= 0.6 is 0 Å². The van der Waals surface area contributed by atoms with Gasteiger partial charge in [0.1, 0.15) is 11.8 Å². The molecule has 19 heavy (non-hydrogen) atoms. The molecule has 1 saturated carbocycles. The summed E-state index contributed by atoms with van der Waals surface area (Å²) in [7, 11) is 3.64. The number of rotatable bonds is 5. The SMILES string of the molecule is COc1ccc(CN(C)CC2CC(O)C2)cc1C#N. The Morgan fingerprint density at radius 1 is 1.47 bits per heavy atom. The van der Waals surface area contributed by atoms with Gasteiger partial charge in [0.25, 0.3) is 0 Å². The molecule has 4 nitrogen and oxygen atoms in total. The fourth-order valence-electron chi connectivity index (χ4n) is 2.61. The lowest BCUT2D eigenvalue weighted by Gasteiger charge is -2.34. The van der Waals surface area contributed by atoms with Crippen molar-refractivity contribution < 1.29 is 9.84 Å². The molecular weight excluding hydrogens is 240 g/mol. The van der Waals surface area contributed by atoms with Crippen LogP contribution in [-0.2, 0) is 6.54 Å². The predicted octanol–water partition coefficient (Wildman–Crippen LogP) is 1.77. The molecule has 0 unspecified atom stereocenters. The minimum atomic E-state index is -0.0930. The molecule has 102 valence electrons. The average molecular weight is 260 g/mol. The maximum absolute atomic E-state index is 9.28. The Labute approximate surface area is 114 Å². The minimum Gasteiger partial charge on any atom is -0.495 e. The Balaban J connectivity index is 1.93. The van der Waals surface area contributed by atoms with Crippen LogP contribution in [0.15, 0.2) is 18.2 Å². The third-order valence-corrected chi connectivity index (χ3v) is 3.62. The van der Waals surface area contributed by atoms with Crippen LogP contribution in [0, 0.1) is 17.2 Å². The molecule has 0 radical (unpaired) electrons. The van der Waals surface area contributed by atoms with Crippen molar-refractivity contribution in [3.63, 3.8) is 0 Å². The first-order chi connectivity index (χ1) is 9.12. The molecule has 2 rings (SSSR count). The maximum Gasteiger partial charge on any atom is 0.136 e. The van der Waals surface area contributed by atoms with Crippen LogP contribution in [0.25, 0.3) is 0 Å². The van der Waals surface area contributed by atoms with E-state index in [-0.39, 0.29) is 6.10 Å². The van der Waals surface area contributed by atoms with Gasteiger partial charge in [-0.3, -0.25) is 0 Å². The standard InChI is InChI=1S/C15H20N2O2/c1-17(10-12-6-14(18)7-12)9-11-3-4-15(19-2)13(5-11)8-16/h3-5,12,14,18H,6-7,9-10H2,1-2H3. The average Bonchev–Trinajstić information content (AvgIpc) is 2.36. The number of methoxy groups -OCH3 is 1. The van der Waals surface area contributed by atoms with Crippen LogP contribution in [0.2, 0.25) is 0 Å². The molecule has 0 atom stereocenters. The van der Waals surface area contributed by atoms with E-state index in [1.54, 1.807) is 7.11 Å². The van der Waals surface area contributed by atoms with Crippen LogP contribution < -0.4 is 4.74 Å². The number of aliphatic hydroxyl groups excluding tert-OH is 1. The number of hydrogen-bond acceptors (Lipinski definition) is 4. The van der Waals surface area contributed by atoms with E-state index in [4.69, 9.17) is 10.00 Å². The zero-order valence-corrected chi connectivity index (χ0v) is 11.5. The Kier molecular flexibility index (Phi) is 4.41. The van der Waals surface area contributed by atoms with E-state index < -0.39 is 0 Å². The highest BCUT2D eigenvalue weighted by molar-refractivity contribution is 5.45. The van der Waals surface area contributed by atoms with Crippen LogP contribution in [-0.4, -0.2) is 36.8 Å². The highest BCUT2D eigenvalue weighted by Crippen LogP contribution is 2.28. The van der Waals surface area contributed by atoms with Crippen molar-refractivity contribution in [1.29, 1.82) is 5.26 Å². The molecule has 1 fully saturated rings. The molecule has 4 heteroatoms. The first-order valence-corrected chi connectivity index (χ1v) is 6.56. The second-order valence-corrected chi connectivity index (χ2v) is 5.33. The quantitative estimate of drug-likeness (QED) is 0.876. The van der Waals surface area contributed by atoms with E-state index in [9.17, 15) is 5.11 Å². The summed E-state index contributed by atoms with van der Waals surface area (Å²) in [6, 6.07) is 7.87. The lowest BCUT2D eigenvalue weighted by molar-refractivity contribution is 0.0274. The van der Waals surface area contributed by atoms with Crippen LogP contribution in [0.4, 0.5) is 0 Å². The Hall–Kier alpha value is -1.57. The number of nitrogens with zero attached hydrogens (tertiary/aromatic N) is 2. The van der Waals surface area contributed by atoms with Gasteiger partial charge in [0.05, 0.1) is 18.8 Å². The highest BCUT2D eigenvalue weighted by Gasteiger charge is 2.27. The number of hydrogen-bond donors (Lipinski definition) is 1. The van der Waals surface area contributed by atoms with Crippen molar-refractivity contribution in [2.24, 2.45) is 5.92 Å². The second kappa shape index (κ2) is 6.05. The van der Waals surface area contributed by atoms with E-state index in [0.29, 0.717) is 17.2 Å². The van der Waals surface area contributed by atoms with Crippen molar-refractivity contribution in [1.82, 2.24) is 4.90 Å². The summed E-state index contributed by atoms with van der Waals surface area (Å²) in [4.78, 5) is 2.24. The smallest absolute Gasteiger partial charge is 0.136 e. The molecule has 0 bridgehead atoms. The zero-order chi connectivity index (χ0) is 13.8. The van der Waals surface area contributed by atoms with Crippen molar-refractivity contribution in [2.75, 3.05) is 20.7 Å². The summed E-state index contributed by atoms with van der Waals surface area (Å²) in [6.07, 6.45) is 1.73. The van der Waals surface area contributed by atoms with Gasteiger partial charge in [0, 0.05) is 13.1 Å². The van der Waals surface area contributed by atoms with E-state index in [1.807, 2.05) is 18.2 Å². The second-order valence-electron chi connectivity index (χ2n) is 5.33. The minimum absolute atomic E-state index is 0.0930. The third-order valence-electron chi connectivity index (χ3n) is 3.62. The predicted molar refractivity (Wildman–Crippen MR) is 72.8 cm³/mol. The first kappa shape index (κ1) is 13.9. The Bertz CT molecular complexity index is 476. The van der Waals surface area contributed by atoms with Gasteiger partial charge in [-0.15, -0.1) is 0 Å². The van der Waals surface area contributed by atoms with E-state index >= 15 is 0 Å². The molecule has 1 aromatic rings. The lowest BCUT2D eigenvalue weighted by atomic mass is 9.82. The van der Waals surface area contributed by atoms with Gasteiger partial charge >= 0.3 is 0 Å². The topological polar surface area (TPSA) is 56.5 Å². The summed E-state index contributed by atoms with van der Waals surface area (Å²) < 4.78 is 5.14. The zero-order valence-electron chi connectivity index (χ0n) is 11.5. The highest BCUT2D eigenvalue weighted by atomic mass is 16.5. The normalized spacial score (nSPS) is 21.8. The molecule has 1 N–H and O–H groups in total. The molecular formula is C15H20N2O2. The van der Waals surface area contributed by atoms with Gasteiger partial charge in [-0.25, -0.2) is 0 Å². The maximum atomic E-state index is 9.28. The summed E-state index contributed by atoms with van der Waals surface area (Å²) in [6.45, 7) is 1.80. The van der Waals surface area contributed by atoms with Gasteiger partial charge in [-0.2, -0.15) is 5.26 Å². The fourth-order valence-corrected chi connectivity index (χ4v) is 2.61. The van der Waals surface area contributed by atoms with Gasteiger partial charge in [-0.1, -0.05) is 6.07 Å². The van der Waals surface area contributed by atoms with E-state index in [2.05, 4.69) is 18.0 Å². The molecule has 0 spiro atoms. The summed E-state index contributed by atoms with van der Waals surface area (Å²) in [5.41, 5.74) is 1.69. The molecule has 1 aromatic carbocycles. The first-order valence-electron chi connectivity index (χ1n) is 6.56. The molecule has 0 aliphatic heterocycles. The van der Waals surface area contributed by atoms with Gasteiger partial charge < -0.3 is 14.7 Å². The molecule has 0 aromatic heterocycles. The van der Waals surface area contributed by atoms with Crippen LogP contribution in [0.3, 0.4) is 0 Å². The largest absolute Gasteiger partial charge is 0.495 e. The molecule has 0 heterocycles. The van der Waals surface area contributed by atoms with Gasteiger partial charge in [-0.05, 0) is 43.5 Å². The summed E-state index contributed by atoms with van der Waals surface area (Å²) in [5, 5.41) is 18.3. The van der Waals surface area contributed by atoms with E-state index in [1.165, 1.54) is 0 Å². The van der Waals surface area contributed by atoms with Crippen LogP contribution in [0.1, 0.15) is 24.0 Å². The van der Waals surface area contributed by atoms with E-state index in [0.717, 1.165) is 31.5 Å². The van der Waals surface area contributed by atoms with Crippen LogP contribution in [0.5, 0.6) is 5.75 Å². The molecule has 0 amide bonds. The molecule has 0 saturated heterocycles. The molecule has 1 aliphatic carbocycles. The summed E-state index contributed by atoms with van der Waals surface area (Å²) in [5.74, 6) is 1.23. The van der Waals surface area contributed by atoms with Crippen molar-refractivity contribution in [2.45, 2.75) is 25.5 Å². The van der Waals surface area contributed by atoms with Gasteiger partial charge in [0.15, 0.2) is 0 Å². The lowest BCUT2D eigenvalue weighted by Crippen LogP contribution is -2.36. The van der Waals surface area contributed by atoms with Crippen molar-refractivity contribution in [3.05, 3.63) is 29.3 Å². The van der Waals surface area contributed by atoms with Gasteiger partial charge in [0.2, 0.25) is 0 Å². The van der Waals surface area contributed by atoms with Crippen molar-refractivity contribution in [3.8, 4) is 11.8 Å². The number of ether oxygens (including phenoxy) is 1. The number of nitriles is 1. The monoisotopic (exact) mass is 260 g/mol. The molecule has 1 aliphatic rings. The summed E-state index contributed by atoms with van der Waals surface area (Å²) >= 11 is 0. The third kappa shape index (κ3) is 3.46. The number of benzene rings is 1. The fraction of sp³-hybridized carbons (Fsp3) is 0.533. The number of aliphatic hydroxyl groups is 1. The Morgan fingerprint density at radius 2 is 2.21 bits per heavy atom.